The fraction of sp³-hybridized carbons (Fsp3) is 1.00. The summed E-state index contributed by atoms with van der Waals surface area (Å²) < 4.78 is 0. The van der Waals surface area contributed by atoms with Gasteiger partial charge in [0.1, 0.15) is 0 Å². The maximum absolute atomic E-state index is 3.54. The lowest BCUT2D eigenvalue weighted by molar-refractivity contribution is 0.567. The van der Waals surface area contributed by atoms with Crippen molar-refractivity contribution in [3.63, 3.8) is 0 Å². The van der Waals surface area contributed by atoms with Crippen LogP contribution in [0.1, 0.15) is 45.4 Å². The summed E-state index contributed by atoms with van der Waals surface area (Å²) in [7, 11) is 0. The van der Waals surface area contributed by atoms with Crippen molar-refractivity contribution < 1.29 is 0 Å². The summed E-state index contributed by atoms with van der Waals surface area (Å²) in [4.78, 5) is 0. The van der Waals surface area contributed by atoms with Gasteiger partial charge >= 0.3 is 0 Å². The molecule has 1 aliphatic carbocycles. The van der Waals surface area contributed by atoms with E-state index in [0.717, 1.165) is 12.6 Å². The molecule has 0 aromatic heterocycles. The van der Waals surface area contributed by atoms with E-state index in [1.807, 2.05) is 0 Å². The summed E-state index contributed by atoms with van der Waals surface area (Å²) in [5.41, 5.74) is 0. The van der Waals surface area contributed by atoms with Crippen molar-refractivity contribution in [1.82, 2.24) is 10.6 Å². The molecule has 2 nitrogen and oxygen atoms in total. The summed E-state index contributed by atoms with van der Waals surface area (Å²) in [5, 5.41) is 6.89. The highest BCUT2D eigenvalue weighted by molar-refractivity contribution is 4.80. The van der Waals surface area contributed by atoms with Crippen molar-refractivity contribution in [2.45, 2.75) is 51.5 Å². The number of unbranched alkanes of at least 4 members (excludes halogenated alkanes) is 3. The van der Waals surface area contributed by atoms with Crippen LogP contribution in [0.5, 0.6) is 0 Å². The first-order chi connectivity index (χ1) is 6.43. The lowest BCUT2D eigenvalue weighted by Crippen LogP contribution is -2.17. The molecule has 0 aromatic rings. The smallest absolute Gasteiger partial charge is 0.00682 e. The molecule has 0 amide bonds. The molecule has 0 spiro atoms. The first-order valence-corrected chi connectivity index (χ1v) is 5.87. The Morgan fingerprint density at radius 2 is 1.69 bits per heavy atom. The van der Waals surface area contributed by atoms with E-state index in [-0.39, 0.29) is 0 Å². The van der Waals surface area contributed by atoms with Gasteiger partial charge in [0, 0.05) is 6.04 Å². The second-order valence-corrected chi connectivity index (χ2v) is 4.00. The number of hydrogen-bond donors (Lipinski definition) is 2. The molecule has 0 bridgehead atoms. The fourth-order valence-corrected chi connectivity index (χ4v) is 1.50. The largest absolute Gasteiger partial charge is 0.317 e. The van der Waals surface area contributed by atoms with Gasteiger partial charge in [-0.25, -0.2) is 0 Å². The molecule has 13 heavy (non-hydrogen) atoms. The Kier molecular flexibility index (Phi) is 6.21. The number of hydrogen-bond acceptors (Lipinski definition) is 2. The molecule has 78 valence electrons. The van der Waals surface area contributed by atoms with E-state index >= 15 is 0 Å². The quantitative estimate of drug-likeness (QED) is 0.535. The molecule has 2 heteroatoms. The predicted molar refractivity (Wildman–Crippen MR) is 58.0 cm³/mol. The van der Waals surface area contributed by atoms with Crippen LogP contribution < -0.4 is 10.6 Å². The third kappa shape index (κ3) is 7.03. The molecule has 0 aliphatic heterocycles. The maximum Gasteiger partial charge on any atom is 0.00682 e. The molecule has 1 rings (SSSR count). The average Bonchev–Trinajstić information content (AvgIpc) is 2.93. The van der Waals surface area contributed by atoms with Crippen molar-refractivity contribution in [1.29, 1.82) is 0 Å². The van der Waals surface area contributed by atoms with Crippen molar-refractivity contribution in [3.8, 4) is 0 Å². The van der Waals surface area contributed by atoms with E-state index in [9.17, 15) is 0 Å². The van der Waals surface area contributed by atoms with E-state index in [0.29, 0.717) is 0 Å². The zero-order chi connectivity index (χ0) is 9.36. The van der Waals surface area contributed by atoms with Crippen LogP contribution in [0.15, 0.2) is 0 Å². The lowest BCUT2D eigenvalue weighted by Gasteiger charge is -2.03. The Bertz CT molecular complexity index is 111. The monoisotopic (exact) mass is 184 g/mol. The zero-order valence-electron chi connectivity index (χ0n) is 8.94. The molecule has 0 atom stereocenters. The molecule has 0 unspecified atom stereocenters. The Hall–Kier alpha value is -0.0800. The predicted octanol–water partition coefficient (Wildman–Crippen LogP) is 1.91. The maximum atomic E-state index is 3.54. The summed E-state index contributed by atoms with van der Waals surface area (Å²) in [5.74, 6) is 0. The van der Waals surface area contributed by atoms with Crippen molar-refractivity contribution in [3.05, 3.63) is 0 Å². The van der Waals surface area contributed by atoms with Gasteiger partial charge in [-0.15, -0.1) is 0 Å². The summed E-state index contributed by atoms with van der Waals surface area (Å²) in [6.45, 7) is 5.72. The molecule has 0 aromatic carbocycles. The fourth-order valence-electron chi connectivity index (χ4n) is 1.50. The second kappa shape index (κ2) is 7.34. The van der Waals surface area contributed by atoms with Crippen LogP contribution in [0.3, 0.4) is 0 Å². The van der Waals surface area contributed by atoms with E-state index in [2.05, 4.69) is 17.6 Å². The van der Waals surface area contributed by atoms with Crippen LogP contribution in [-0.2, 0) is 0 Å². The third-order valence-electron chi connectivity index (χ3n) is 2.54. The molecule has 0 radical (unpaired) electrons. The molecule has 0 heterocycles. The first kappa shape index (κ1) is 11.0. The average molecular weight is 184 g/mol. The molecule has 1 saturated carbocycles. The van der Waals surface area contributed by atoms with Crippen LogP contribution in [-0.4, -0.2) is 25.7 Å². The SMILES string of the molecule is CCNCCCCCCNC1CC1. The van der Waals surface area contributed by atoms with Crippen molar-refractivity contribution in [2.24, 2.45) is 0 Å². The molecule has 0 saturated heterocycles. The van der Waals surface area contributed by atoms with Crippen LogP contribution in [0.2, 0.25) is 0 Å². The van der Waals surface area contributed by atoms with Gasteiger partial charge < -0.3 is 10.6 Å². The topological polar surface area (TPSA) is 24.1 Å². The minimum atomic E-state index is 0.891. The number of nitrogens with one attached hydrogen (secondary N) is 2. The van der Waals surface area contributed by atoms with Gasteiger partial charge in [-0.05, 0) is 45.3 Å². The molecule has 1 fully saturated rings. The lowest BCUT2D eigenvalue weighted by atomic mass is 10.2. The molecular weight excluding hydrogens is 160 g/mol. The van der Waals surface area contributed by atoms with Crippen molar-refractivity contribution in [2.75, 3.05) is 19.6 Å². The van der Waals surface area contributed by atoms with Crippen LogP contribution in [0, 0.1) is 0 Å². The standard InChI is InChI=1S/C11H24N2/c1-2-12-9-5-3-4-6-10-13-11-7-8-11/h11-13H,2-10H2,1H3. The Morgan fingerprint density at radius 1 is 1.00 bits per heavy atom. The van der Waals surface area contributed by atoms with E-state index < -0.39 is 0 Å². The number of rotatable bonds is 9. The summed E-state index contributed by atoms with van der Waals surface area (Å²) >= 11 is 0. The van der Waals surface area contributed by atoms with Crippen LogP contribution in [0.4, 0.5) is 0 Å². The molecule has 1 aliphatic rings. The normalized spacial score (nSPS) is 16.4. The summed E-state index contributed by atoms with van der Waals surface area (Å²) in [6.07, 6.45) is 8.32. The Labute approximate surface area is 82.5 Å². The first-order valence-electron chi connectivity index (χ1n) is 5.87. The second-order valence-electron chi connectivity index (χ2n) is 4.00. The Morgan fingerprint density at radius 3 is 2.31 bits per heavy atom. The van der Waals surface area contributed by atoms with E-state index in [4.69, 9.17) is 0 Å². The highest BCUT2D eigenvalue weighted by atomic mass is 14.9. The van der Waals surface area contributed by atoms with Gasteiger partial charge in [0.05, 0.1) is 0 Å². The van der Waals surface area contributed by atoms with E-state index in [1.165, 1.54) is 51.6 Å². The van der Waals surface area contributed by atoms with Gasteiger partial charge in [-0.1, -0.05) is 19.8 Å². The summed E-state index contributed by atoms with van der Waals surface area (Å²) in [6, 6.07) is 0.891. The van der Waals surface area contributed by atoms with Gasteiger partial charge in [-0.2, -0.15) is 0 Å². The highest BCUT2D eigenvalue weighted by Crippen LogP contribution is 2.18. The molecular formula is C11H24N2. The minimum absolute atomic E-state index is 0.891. The molecule has 2 N–H and O–H groups in total. The van der Waals surface area contributed by atoms with Gasteiger partial charge in [0.15, 0.2) is 0 Å². The van der Waals surface area contributed by atoms with Crippen molar-refractivity contribution >= 4 is 0 Å². The van der Waals surface area contributed by atoms with Crippen LogP contribution in [0.25, 0.3) is 0 Å². The Balaban J connectivity index is 1.63. The van der Waals surface area contributed by atoms with Gasteiger partial charge in [-0.3, -0.25) is 0 Å². The third-order valence-corrected chi connectivity index (χ3v) is 2.54. The van der Waals surface area contributed by atoms with Gasteiger partial charge in [0.2, 0.25) is 0 Å². The van der Waals surface area contributed by atoms with Gasteiger partial charge in [0.25, 0.3) is 0 Å². The van der Waals surface area contributed by atoms with Crippen LogP contribution >= 0.6 is 0 Å². The zero-order valence-corrected chi connectivity index (χ0v) is 8.94. The highest BCUT2D eigenvalue weighted by Gasteiger charge is 2.19. The van der Waals surface area contributed by atoms with E-state index in [1.54, 1.807) is 0 Å². The minimum Gasteiger partial charge on any atom is -0.317 e.